The van der Waals surface area contributed by atoms with Gasteiger partial charge in [0, 0.05) is 5.69 Å². The van der Waals surface area contributed by atoms with Gasteiger partial charge in [0.1, 0.15) is 0 Å². The van der Waals surface area contributed by atoms with Gasteiger partial charge in [-0.05, 0) is 31.5 Å². The van der Waals surface area contributed by atoms with E-state index >= 15 is 0 Å². The van der Waals surface area contributed by atoms with E-state index in [2.05, 4.69) is 5.32 Å². The van der Waals surface area contributed by atoms with Crippen LogP contribution < -0.4 is 11.1 Å². The van der Waals surface area contributed by atoms with E-state index in [9.17, 15) is 18.0 Å². The van der Waals surface area contributed by atoms with Gasteiger partial charge in [-0.25, -0.2) is 0 Å². The lowest BCUT2D eigenvalue weighted by Gasteiger charge is -2.22. The maximum atomic E-state index is 12.6. The minimum absolute atomic E-state index is 0.00634. The fraction of sp³-hybridized carbons (Fsp3) is 0.417. The predicted molar refractivity (Wildman–Crippen MR) is 68.0 cm³/mol. The van der Waals surface area contributed by atoms with E-state index in [1.54, 1.807) is 6.92 Å². The van der Waals surface area contributed by atoms with Crippen molar-refractivity contribution in [3.63, 3.8) is 0 Å². The van der Waals surface area contributed by atoms with Gasteiger partial charge in [0.05, 0.1) is 16.1 Å². The van der Waals surface area contributed by atoms with Gasteiger partial charge in [-0.15, -0.1) is 0 Å². The smallest absolute Gasteiger partial charge is 0.324 e. The molecule has 0 aliphatic heterocycles. The second kappa shape index (κ2) is 5.38. The molecule has 1 aromatic rings. The molecule has 3 nitrogen and oxygen atoms in total. The van der Waals surface area contributed by atoms with Crippen molar-refractivity contribution >= 4 is 23.2 Å². The highest BCUT2D eigenvalue weighted by atomic mass is 35.5. The summed E-state index contributed by atoms with van der Waals surface area (Å²) >= 11 is 5.48. The molecule has 0 aromatic heterocycles. The fourth-order valence-corrected chi connectivity index (χ4v) is 1.48. The Morgan fingerprint density at radius 1 is 1.42 bits per heavy atom. The topological polar surface area (TPSA) is 55.1 Å². The van der Waals surface area contributed by atoms with E-state index in [0.717, 1.165) is 12.1 Å². The van der Waals surface area contributed by atoms with Crippen LogP contribution in [0, 0.1) is 0 Å². The van der Waals surface area contributed by atoms with Crippen molar-refractivity contribution in [3.05, 3.63) is 28.8 Å². The summed E-state index contributed by atoms with van der Waals surface area (Å²) in [6, 6.07) is 3.16. The second-order valence-corrected chi connectivity index (χ2v) is 4.82. The van der Waals surface area contributed by atoms with Crippen LogP contribution in [-0.2, 0) is 11.0 Å². The van der Waals surface area contributed by atoms with Gasteiger partial charge in [-0.2, -0.15) is 13.2 Å². The molecule has 1 unspecified atom stereocenters. The van der Waals surface area contributed by atoms with E-state index < -0.39 is 28.2 Å². The van der Waals surface area contributed by atoms with Crippen LogP contribution in [-0.4, -0.2) is 11.4 Å². The lowest BCUT2D eigenvalue weighted by atomic mass is 9.99. The molecular weight excluding hydrogens is 281 g/mol. The van der Waals surface area contributed by atoms with Crippen LogP contribution in [0.25, 0.3) is 0 Å². The molecule has 0 saturated carbocycles. The molecule has 0 heterocycles. The molecule has 0 spiro atoms. The molecule has 0 radical (unpaired) electrons. The first-order chi connectivity index (χ1) is 8.58. The van der Waals surface area contributed by atoms with Crippen LogP contribution in [0.4, 0.5) is 18.9 Å². The van der Waals surface area contributed by atoms with Gasteiger partial charge >= 0.3 is 6.18 Å². The number of halogens is 4. The number of anilines is 1. The first-order valence-electron chi connectivity index (χ1n) is 5.55. The summed E-state index contributed by atoms with van der Waals surface area (Å²) in [6.07, 6.45) is -4.22. The quantitative estimate of drug-likeness (QED) is 0.897. The molecule has 7 heteroatoms. The standard InChI is InChI=1S/C12H14ClF3N2O/c1-3-11(2,17)10(19)18-7-4-5-9(13)8(6-7)12(14,15)16/h4-6H,3,17H2,1-2H3,(H,18,19). The number of alkyl halides is 3. The van der Waals surface area contributed by atoms with Crippen molar-refractivity contribution in [1.82, 2.24) is 0 Å². The van der Waals surface area contributed by atoms with Crippen LogP contribution in [0.3, 0.4) is 0 Å². The number of amides is 1. The Bertz CT molecular complexity index is 486. The Hall–Kier alpha value is -1.27. The zero-order valence-electron chi connectivity index (χ0n) is 10.4. The second-order valence-electron chi connectivity index (χ2n) is 4.42. The van der Waals surface area contributed by atoms with Crippen molar-refractivity contribution in [3.8, 4) is 0 Å². The average Bonchev–Trinajstić information content (AvgIpc) is 2.30. The summed E-state index contributed by atoms with van der Waals surface area (Å²) in [5.74, 6) is -0.551. The Kier molecular flexibility index (Phi) is 4.47. The van der Waals surface area contributed by atoms with E-state index in [1.165, 1.54) is 13.0 Å². The third-order valence-corrected chi connectivity index (χ3v) is 3.11. The molecule has 1 aromatic carbocycles. The van der Waals surface area contributed by atoms with E-state index in [0.29, 0.717) is 6.42 Å². The van der Waals surface area contributed by atoms with E-state index in [4.69, 9.17) is 17.3 Å². The molecule has 0 saturated heterocycles. The average molecular weight is 295 g/mol. The van der Waals surface area contributed by atoms with Crippen molar-refractivity contribution in [2.75, 3.05) is 5.32 Å². The van der Waals surface area contributed by atoms with Crippen molar-refractivity contribution < 1.29 is 18.0 Å². The minimum atomic E-state index is -4.57. The van der Waals surface area contributed by atoms with E-state index in [1.807, 2.05) is 0 Å². The molecule has 0 aliphatic carbocycles. The van der Waals surface area contributed by atoms with Crippen molar-refractivity contribution in [1.29, 1.82) is 0 Å². The van der Waals surface area contributed by atoms with Gasteiger partial charge in [0.25, 0.3) is 0 Å². The molecule has 0 fully saturated rings. The maximum Gasteiger partial charge on any atom is 0.417 e. The highest BCUT2D eigenvalue weighted by Gasteiger charge is 2.34. The zero-order chi connectivity index (χ0) is 14.8. The van der Waals surface area contributed by atoms with Gasteiger partial charge in [-0.3, -0.25) is 4.79 Å². The third-order valence-electron chi connectivity index (χ3n) is 2.78. The molecule has 1 rings (SSSR count). The largest absolute Gasteiger partial charge is 0.417 e. The Balaban J connectivity index is 3.02. The first-order valence-corrected chi connectivity index (χ1v) is 5.93. The zero-order valence-corrected chi connectivity index (χ0v) is 11.2. The normalized spacial score (nSPS) is 14.9. The summed E-state index contributed by atoms with van der Waals surface area (Å²) in [5, 5.41) is 1.93. The van der Waals surface area contributed by atoms with Crippen LogP contribution >= 0.6 is 11.6 Å². The number of carbonyl (C=O) groups excluding carboxylic acids is 1. The highest BCUT2D eigenvalue weighted by molar-refractivity contribution is 6.31. The molecule has 0 aliphatic rings. The van der Waals surface area contributed by atoms with E-state index in [-0.39, 0.29) is 5.69 Å². The Morgan fingerprint density at radius 2 is 2.00 bits per heavy atom. The Labute approximate surface area is 113 Å². The van der Waals surface area contributed by atoms with Gasteiger partial charge < -0.3 is 11.1 Å². The lowest BCUT2D eigenvalue weighted by molar-refractivity contribution is -0.137. The SMILES string of the molecule is CCC(C)(N)C(=O)Nc1ccc(Cl)c(C(F)(F)F)c1. The highest BCUT2D eigenvalue weighted by Crippen LogP contribution is 2.36. The third kappa shape index (κ3) is 3.84. The molecule has 1 amide bonds. The molecule has 1 atom stereocenters. The van der Waals surface area contributed by atoms with Gasteiger partial charge in [0.2, 0.25) is 5.91 Å². The van der Waals surface area contributed by atoms with Crippen molar-refractivity contribution in [2.45, 2.75) is 32.0 Å². The minimum Gasteiger partial charge on any atom is -0.324 e. The number of hydrogen-bond acceptors (Lipinski definition) is 2. The number of nitrogens with two attached hydrogens (primary N) is 1. The molecule has 0 bridgehead atoms. The number of hydrogen-bond donors (Lipinski definition) is 2. The Morgan fingerprint density at radius 3 is 2.47 bits per heavy atom. The fourth-order valence-electron chi connectivity index (χ4n) is 1.25. The van der Waals surface area contributed by atoms with Crippen LogP contribution in [0.15, 0.2) is 18.2 Å². The van der Waals surface area contributed by atoms with Crippen LogP contribution in [0.5, 0.6) is 0 Å². The lowest BCUT2D eigenvalue weighted by Crippen LogP contribution is -2.47. The summed E-state index contributed by atoms with van der Waals surface area (Å²) in [6.45, 7) is 3.21. The summed E-state index contributed by atoms with van der Waals surface area (Å²) in [7, 11) is 0. The summed E-state index contributed by atoms with van der Waals surface area (Å²) in [4.78, 5) is 11.8. The number of rotatable bonds is 3. The molecule has 3 N–H and O–H groups in total. The number of nitrogens with one attached hydrogen (secondary N) is 1. The predicted octanol–water partition coefficient (Wildman–Crippen LogP) is 3.42. The summed E-state index contributed by atoms with van der Waals surface area (Å²) in [5.41, 5.74) is 3.57. The number of carbonyl (C=O) groups is 1. The maximum absolute atomic E-state index is 12.6. The molecule has 106 valence electrons. The van der Waals surface area contributed by atoms with Gasteiger partial charge in [0.15, 0.2) is 0 Å². The number of benzene rings is 1. The van der Waals surface area contributed by atoms with Crippen molar-refractivity contribution in [2.24, 2.45) is 5.73 Å². The summed E-state index contributed by atoms with van der Waals surface area (Å²) < 4.78 is 37.9. The van der Waals surface area contributed by atoms with Crippen LogP contribution in [0.2, 0.25) is 5.02 Å². The van der Waals surface area contributed by atoms with Crippen LogP contribution in [0.1, 0.15) is 25.8 Å². The van der Waals surface area contributed by atoms with Gasteiger partial charge in [-0.1, -0.05) is 18.5 Å². The monoisotopic (exact) mass is 294 g/mol. The molecule has 19 heavy (non-hydrogen) atoms. The molecular formula is C12H14ClF3N2O. The first kappa shape index (κ1) is 15.8.